The van der Waals surface area contributed by atoms with E-state index in [-0.39, 0.29) is 11.3 Å². The fraction of sp³-hybridized carbons (Fsp3) is 0.923. The highest BCUT2D eigenvalue weighted by atomic mass is 32.2. The van der Waals surface area contributed by atoms with Crippen LogP contribution in [0.2, 0.25) is 0 Å². The van der Waals surface area contributed by atoms with E-state index >= 15 is 0 Å². The molecule has 18 heavy (non-hydrogen) atoms. The molecule has 0 saturated carbocycles. The highest BCUT2D eigenvalue weighted by molar-refractivity contribution is 7.98. The molecule has 4 nitrogen and oxygen atoms in total. The van der Waals surface area contributed by atoms with Crippen LogP contribution in [0.3, 0.4) is 0 Å². The molecule has 0 radical (unpaired) electrons. The molecule has 0 spiro atoms. The molecule has 1 atom stereocenters. The van der Waals surface area contributed by atoms with Gasteiger partial charge in [0.2, 0.25) is 5.91 Å². The molecule has 0 heterocycles. The lowest BCUT2D eigenvalue weighted by Crippen LogP contribution is -2.42. The topological polar surface area (TPSA) is 75.3 Å². The number of thioether (sulfide) groups is 1. The molecule has 0 rings (SSSR count). The second-order valence-electron chi connectivity index (χ2n) is 5.91. The molecule has 1 unspecified atom stereocenters. The first-order valence-corrected chi connectivity index (χ1v) is 7.80. The van der Waals surface area contributed by atoms with Gasteiger partial charge < -0.3 is 16.2 Å². The number of carbonyl (C=O) groups excluding carboxylic acids is 1. The van der Waals surface area contributed by atoms with Gasteiger partial charge in [0.15, 0.2) is 0 Å². The Labute approximate surface area is 115 Å². The molecule has 1 amide bonds. The van der Waals surface area contributed by atoms with Gasteiger partial charge in [0.1, 0.15) is 0 Å². The number of nitrogens with two attached hydrogens (primary N) is 1. The van der Waals surface area contributed by atoms with Gasteiger partial charge in [0.05, 0.1) is 5.60 Å². The highest BCUT2D eigenvalue weighted by Crippen LogP contribution is 2.25. The summed E-state index contributed by atoms with van der Waals surface area (Å²) in [5, 5.41) is 12.7. The van der Waals surface area contributed by atoms with Gasteiger partial charge in [-0.3, -0.25) is 4.79 Å². The van der Waals surface area contributed by atoms with Gasteiger partial charge in [0, 0.05) is 18.7 Å². The van der Waals surface area contributed by atoms with Crippen molar-refractivity contribution in [3.05, 3.63) is 0 Å². The van der Waals surface area contributed by atoms with Crippen LogP contribution in [-0.4, -0.2) is 41.7 Å². The lowest BCUT2D eigenvalue weighted by Gasteiger charge is -2.25. The molecule has 0 aliphatic carbocycles. The van der Waals surface area contributed by atoms with E-state index in [1.165, 1.54) is 0 Å². The maximum absolute atomic E-state index is 11.7. The second-order valence-corrected chi connectivity index (χ2v) is 6.78. The van der Waals surface area contributed by atoms with Crippen molar-refractivity contribution < 1.29 is 9.90 Å². The Hall–Kier alpha value is -0.260. The van der Waals surface area contributed by atoms with E-state index in [9.17, 15) is 9.90 Å². The summed E-state index contributed by atoms with van der Waals surface area (Å²) in [5.41, 5.74) is 4.81. The summed E-state index contributed by atoms with van der Waals surface area (Å²) in [5.74, 6) is 0.618. The third-order valence-electron chi connectivity index (χ3n) is 2.97. The molecular weight excluding hydrogens is 248 g/mol. The number of rotatable bonds is 9. The first kappa shape index (κ1) is 17.7. The van der Waals surface area contributed by atoms with Gasteiger partial charge in [-0.1, -0.05) is 13.8 Å². The standard InChI is InChI=1S/C13H28N2O2S/c1-12(2,7-8-14)6-5-11(16)15-9-13(3,17)10-18-4/h17H,5-10,14H2,1-4H3,(H,15,16). The fourth-order valence-electron chi connectivity index (χ4n) is 1.71. The first-order valence-electron chi connectivity index (χ1n) is 6.40. The minimum atomic E-state index is -0.831. The SMILES string of the molecule is CSCC(C)(O)CNC(=O)CCC(C)(C)CCN. The predicted octanol–water partition coefficient (Wildman–Crippen LogP) is 1.37. The molecule has 0 aliphatic rings. The van der Waals surface area contributed by atoms with Gasteiger partial charge in [0.25, 0.3) is 0 Å². The maximum Gasteiger partial charge on any atom is 0.220 e. The van der Waals surface area contributed by atoms with E-state index in [0.717, 1.165) is 12.8 Å². The summed E-state index contributed by atoms with van der Waals surface area (Å²) in [7, 11) is 0. The normalized spacial score (nSPS) is 15.2. The molecule has 0 aliphatic heterocycles. The van der Waals surface area contributed by atoms with Gasteiger partial charge in [-0.25, -0.2) is 0 Å². The predicted molar refractivity (Wildman–Crippen MR) is 78.7 cm³/mol. The molecule has 0 saturated heterocycles. The molecule has 0 fully saturated rings. The zero-order chi connectivity index (χ0) is 14.2. The summed E-state index contributed by atoms with van der Waals surface area (Å²) < 4.78 is 0. The molecule has 5 heteroatoms. The Bertz CT molecular complexity index is 231. The molecule has 0 bridgehead atoms. The third-order valence-corrected chi connectivity index (χ3v) is 3.88. The Morgan fingerprint density at radius 2 is 1.94 bits per heavy atom. The van der Waals surface area contributed by atoms with E-state index in [0.29, 0.717) is 25.3 Å². The molecule has 108 valence electrons. The van der Waals surface area contributed by atoms with Gasteiger partial charge >= 0.3 is 0 Å². The van der Waals surface area contributed by atoms with Gasteiger partial charge in [-0.05, 0) is 38.0 Å². The van der Waals surface area contributed by atoms with Crippen LogP contribution >= 0.6 is 11.8 Å². The summed E-state index contributed by atoms with van der Waals surface area (Å²) in [6, 6.07) is 0. The second kappa shape index (κ2) is 8.02. The number of aliphatic hydroxyl groups is 1. The van der Waals surface area contributed by atoms with Crippen LogP contribution in [0.1, 0.15) is 40.0 Å². The zero-order valence-electron chi connectivity index (χ0n) is 12.1. The van der Waals surface area contributed by atoms with Crippen LogP contribution < -0.4 is 11.1 Å². The number of hydrogen-bond donors (Lipinski definition) is 3. The quantitative estimate of drug-likeness (QED) is 0.594. The number of amides is 1. The summed E-state index contributed by atoms with van der Waals surface area (Å²) >= 11 is 1.57. The summed E-state index contributed by atoms with van der Waals surface area (Å²) in [4.78, 5) is 11.7. The molecule has 0 aromatic rings. The van der Waals surface area contributed by atoms with Crippen molar-refractivity contribution in [1.29, 1.82) is 0 Å². The van der Waals surface area contributed by atoms with Gasteiger partial charge in [-0.15, -0.1) is 0 Å². The smallest absolute Gasteiger partial charge is 0.220 e. The fourth-order valence-corrected chi connectivity index (χ4v) is 2.43. The van der Waals surface area contributed by atoms with Crippen molar-refractivity contribution in [3.63, 3.8) is 0 Å². The highest BCUT2D eigenvalue weighted by Gasteiger charge is 2.22. The first-order chi connectivity index (χ1) is 8.22. The Morgan fingerprint density at radius 1 is 1.33 bits per heavy atom. The third kappa shape index (κ3) is 8.78. The van der Waals surface area contributed by atoms with E-state index < -0.39 is 5.60 Å². The molecule has 0 aromatic heterocycles. The average molecular weight is 276 g/mol. The van der Waals surface area contributed by atoms with Crippen molar-refractivity contribution in [1.82, 2.24) is 5.32 Å². The summed E-state index contributed by atoms with van der Waals surface area (Å²) in [6.45, 7) is 6.94. The van der Waals surface area contributed by atoms with E-state index in [1.54, 1.807) is 18.7 Å². The molecular formula is C13H28N2O2S. The van der Waals surface area contributed by atoms with Crippen molar-refractivity contribution in [3.8, 4) is 0 Å². The number of carbonyl (C=O) groups is 1. The van der Waals surface area contributed by atoms with Crippen LogP contribution in [0.15, 0.2) is 0 Å². The number of hydrogen-bond acceptors (Lipinski definition) is 4. The van der Waals surface area contributed by atoms with Crippen LogP contribution in [0.4, 0.5) is 0 Å². The van der Waals surface area contributed by atoms with Crippen LogP contribution in [0.25, 0.3) is 0 Å². The lowest BCUT2D eigenvalue weighted by molar-refractivity contribution is -0.122. The lowest BCUT2D eigenvalue weighted by atomic mass is 9.84. The van der Waals surface area contributed by atoms with Crippen molar-refractivity contribution in [2.75, 3.05) is 25.1 Å². The van der Waals surface area contributed by atoms with E-state index in [1.807, 2.05) is 6.26 Å². The van der Waals surface area contributed by atoms with Crippen molar-refractivity contribution in [2.45, 2.75) is 45.6 Å². The Balaban J connectivity index is 3.92. The number of nitrogens with one attached hydrogen (secondary N) is 1. The zero-order valence-corrected chi connectivity index (χ0v) is 12.9. The van der Waals surface area contributed by atoms with Crippen LogP contribution in [-0.2, 0) is 4.79 Å². The molecule has 0 aromatic carbocycles. The Morgan fingerprint density at radius 3 is 2.44 bits per heavy atom. The van der Waals surface area contributed by atoms with Gasteiger partial charge in [-0.2, -0.15) is 11.8 Å². The monoisotopic (exact) mass is 276 g/mol. The van der Waals surface area contributed by atoms with E-state index in [4.69, 9.17) is 5.73 Å². The van der Waals surface area contributed by atoms with Crippen molar-refractivity contribution in [2.24, 2.45) is 11.1 Å². The Kier molecular flexibility index (Phi) is 7.90. The largest absolute Gasteiger partial charge is 0.387 e. The minimum absolute atomic E-state index is 0.00137. The van der Waals surface area contributed by atoms with Crippen molar-refractivity contribution >= 4 is 17.7 Å². The van der Waals surface area contributed by atoms with Crippen LogP contribution in [0.5, 0.6) is 0 Å². The molecule has 4 N–H and O–H groups in total. The minimum Gasteiger partial charge on any atom is -0.387 e. The maximum atomic E-state index is 11.7. The average Bonchev–Trinajstić information content (AvgIpc) is 2.24. The summed E-state index contributed by atoms with van der Waals surface area (Å²) in [6.07, 6.45) is 4.17. The van der Waals surface area contributed by atoms with Crippen LogP contribution in [0, 0.1) is 5.41 Å². The van der Waals surface area contributed by atoms with E-state index in [2.05, 4.69) is 19.2 Å².